The summed E-state index contributed by atoms with van der Waals surface area (Å²) in [6, 6.07) is 45.4. The monoisotopic (exact) mass is 634 g/mol. The molecule has 4 aromatic carbocycles. The van der Waals surface area contributed by atoms with Gasteiger partial charge in [0.1, 0.15) is 0 Å². The molecule has 0 aliphatic rings. The van der Waals surface area contributed by atoms with Gasteiger partial charge in [-0.2, -0.15) is 42.5 Å². The molecule has 35 heavy (non-hydrogen) atoms. The fourth-order valence-corrected chi connectivity index (χ4v) is 3.70. The van der Waals surface area contributed by atoms with Crippen molar-refractivity contribution in [1.29, 1.82) is 0 Å². The van der Waals surface area contributed by atoms with E-state index in [0.717, 1.165) is 22.4 Å². The van der Waals surface area contributed by atoms with E-state index in [1.54, 1.807) is 18.2 Å². The van der Waals surface area contributed by atoms with Gasteiger partial charge in [-0.15, -0.1) is 53.6 Å². The molecule has 0 fully saturated rings. The van der Waals surface area contributed by atoms with Gasteiger partial charge in [0.15, 0.2) is 0 Å². The summed E-state index contributed by atoms with van der Waals surface area (Å²) in [5.74, 6) is 0. The number of benzene rings is 4. The Balaban J connectivity index is 0.000000213. The average molecular weight is 634 g/mol. The zero-order chi connectivity index (χ0) is 26.3. The van der Waals surface area contributed by atoms with Gasteiger partial charge in [-0.25, -0.2) is 11.1 Å². The molecule has 0 amide bonds. The Hall–Kier alpha value is -3.32. The van der Waals surface area contributed by atoms with E-state index < -0.39 is 6.85 Å². The van der Waals surface area contributed by atoms with Crippen molar-refractivity contribution in [3.05, 3.63) is 150 Å². The standard InChI is InChI=1S/C21H18.C12H10N.Ir/c1-21(2,19-13-7-4-8-14-19)20-15-9-12-18(16-20)17-10-5-3-6-11-17;1-10-7-8-12(13-9-10)11-5-3-2-4-6-11;/h3-10,13-16H,1-2H3;2-5,7-9H,1H3;/q-2;-1;+3/i;1D3;. The van der Waals surface area contributed by atoms with Gasteiger partial charge in [0, 0.05) is 10.3 Å². The molecule has 1 aromatic heterocycles. The van der Waals surface area contributed by atoms with Crippen molar-refractivity contribution in [2.45, 2.75) is 26.1 Å². The van der Waals surface area contributed by atoms with Crippen LogP contribution in [0.3, 0.4) is 0 Å². The van der Waals surface area contributed by atoms with Crippen molar-refractivity contribution in [3.63, 3.8) is 0 Å². The van der Waals surface area contributed by atoms with Crippen molar-refractivity contribution >= 4 is 0 Å². The first kappa shape index (κ1) is 22.2. The summed E-state index contributed by atoms with van der Waals surface area (Å²) in [5.41, 5.74) is 6.61. The number of hydrogen-bond donors (Lipinski definition) is 0. The van der Waals surface area contributed by atoms with Crippen LogP contribution < -0.4 is 0 Å². The third-order valence-electron chi connectivity index (χ3n) is 5.77. The molecule has 1 heterocycles. The summed E-state index contributed by atoms with van der Waals surface area (Å²) in [6.07, 6.45) is 1.39. The number of rotatable bonds is 4. The molecule has 0 spiro atoms. The van der Waals surface area contributed by atoms with Gasteiger partial charge < -0.3 is 4.98 Å². The molecule has 0 atom stereocenters. The molecule has 0 radical (unpaired) electrons. The van der Waals surface area contributed by atoms with Crippen LogP contribution in [0.25, 0.3) is 22.4 Å². The van der Waals surface area contributed by atoms with Crippen LogP contribution in [0.15, 0.2) is 115 Å². The van der Waals surface area contributed by atoms with Gasteiger partial charge in [0.05, 0.1) is 0 Å². The van der Waals surface area contributed by atoms with Gasteiger partial charge in [-0.3, -0.25) is 0 Å². The van der Waals surface area contributed by atoms with E-state index >= 15 is 0 Å². The molecule has 5 aromatic rings. The molecule has 0 aliphatic heterocycles. The molecular weight excluding hydrogens is 603 g/mol. The van der Waals surface area contributed by atoms with Gasteiger partial charge in [-0.1, -0.05) is 56.3 Å². The van der Waals surface area contributed by atoms with Crippen LogP contribution >= 0.6 is 0 Å². The van der Waals surface area contributed by atoms with Crippen molar-refractivity contribution in [3.8, 4) is 22.4 Å². The van der Waals surface area contributed by atoms with Gasteiger partial charge in [0.25, 0.3) is 0 Å². The van der Waals surface area contributed by atoms with Gasteiger partial charge in [0.2, 0.25) is 0 Å². The Morgan fingerprint density at radius 2 is 1.31 bits per heavy atom. The number of pyridine rings is 1. The maximum Gasteiger partial charge on any atom is 3.00 e. The second-order valence-electron chi connectivity index (χ2n) is 8.47. The summed E-state index contributed by atoms with van der Waals surface area (Å²) >= 11 is 0. The Morgan fingerprint density at radius 1 is 0.657 bits per heavy atom. The van der Waals surface area contributed by atoms with E-state index in [1.807, 2.05) is 42.5 Å². The fraction of sp³-hybridized carbons (Fsp3) is 0.121. The van der Waals surface area contributed by atoms with Gasteiger partial charge in [-0.05, 0) is 29.1 Å². The smallest absolute Gasteiger partial charge is 0.304 e. The third-order valence-corrected chi connectivity index (χ3v) is 5.77. The summed E-state index contributed by atoms with van der Waals surface area (Å²) in [6.45, 7) is 2.43. The number of aromatic nitrogens is 1. The minimum Gasteiger partial charge on any atom is -0.304 e. The number of aryl methyl sites for hydroxylation is 1. The molecule has 0 bridgehead atoms. The molecular formula is C33H28IrN. The molecule has 0 N–H and O–H groups in total. The Morgan fingerprint density at radius 3 is 1.91 bits per heavy atom. The fourth-order valence-electron chi connectivity index (χ4n) is 3.70. The minimum atomic E-state index is -2.09. The summed E-state index contributed by atoms with van der Waals surface area (Å²) < 4.78 is 21.7. The first-order valence-corrected chi connectivity index (χ1v) is 11.2. The van der Waals surface area contributed by atoms with Crippen molar-refractivity contribution in [2.75, 3.05) is 0 Å². The molecule has 174 valence electrons. The Kier molecular flexibility index (Phi) is 7.85. The predicted molar refractivity (Wildman–Crippen MR) is 141 cm³/mol. The molecule has 2 heteroatoms. The van der Waals surface area contributed by atoms with E-state index in [2.05, 4.69) is 85.6 Å². The molecule has 5 rings (SSSR count). The third kappa shape index (κ3) is 6.85. The number of hydrogen-bond acceptors (Lipinski definition) is 1. The first-order valence-electron chi connectivity index (χ1n) is 12.7. The zero-order valence-corrected chi connectivity index (χ0v) is 22.1. The van der Waals surface area contributed by atoms with Crippen molar-refractivity contribution < 1.29 is 24.2 Å². The van der Waals surface area contributed by atoms with Crippen molar-refractivity contribution in [1.82, 2.24) is 4.98 Å². The second kappa shape index (κ2) is 12.4. The van der Waals surface area contributed by atoms with Crippen LogP contribution in [0.4, 0.5) is 0 Å². The largest absolute Gasteiger partial charge is 3.00 e. The van der Waals surface area contributed by atoms with E-state index in [1.165, 1.54) is 17.3 Å². The van der Waals surface area contributed by atoms with Crippen LogP contribution in [0.5, 0.6) is 0 Å². The van der Waals surface area contributed by atoms with Gasteiger partial charge >= 0.3 is 20.1 Å². The van der Waals surface area contributed by atoms with Crippen LogP contribution in [0.1, 0.15) is 34.7 Å². The van der Waals surface area contributed by atoms with Crippen molar-refractivity contribution in [2.24, 2.45) is 0 Å². The van der Waals surface area contributed by atoms with Crippen LogP contribution in [0.2, 0.25) is 0 Å². The maximum atomic E-state index is 7.23. The number of nitrogens with zero attached hydrogens (tertiary/aromatic N) is 1. The van der Waals surface area contributed by atoms with Crippen LogP contribution in [0, 0.1) is 25.1 Å². The SMILES string of the molecule is CC(C)(c1ccccc1)c1cc[c-]c(-c2[c-]cccc2)c1.[2H]C([2H])([2H])c1ccc(-c2[c-]cccc2)nc1.[Ir+3]. The Labute approximate surface area is 227 Å². The molecule has 0 saturated carbocycles. The van der Waals surface area contributed by atoms with Crippen LogP contribution in [-0.4, -0.2) is 4.98 Å². The van der Waals surface area contributed by atoms with E-state index in [-0.39, 0.29) is 31.1 Å². The molecule has 0 aliphatic carbocycles. The second-order valence-corrected chi connectivity index (χ2v) is 8.47. The normalized spacial score (nSPS) is 12.1. The minimum absolute atomic E-state index is 0. The summed E-state index contributed by atoms with van der Waals surface area (Å²) in [5, 5.41) is 0. The molecule has 0 saturated heterocycles. The maximum absolute atomic E-state index is 7.23. The average Bonchev–Trinajstić information content (AvgIpc) is 2.94. The summed E-state index contributed by atoms with van der Waals surface area (Å²) in [4.78, 5) is 4.12. The van der Waals surface area contributed by atoms with Crippen LogP contribution in [-0.2, 0) is 25.5 Å². The van der Waals surface area contributed by atoms with E-state index in [0.29, 0.717) is 0 Å². The van der Waals surface area contributed by atoms with E-state index in [4.69, 9.17) is 4.11 Å². The zero-order valence-electron chi connectivity index (χ0n) is 22.8. The van der Waals surface area contributed by atoms with E-state index in [9.17, 15) is 0 Å². The molecule has 0 unspecified atom stereocenters. The Bertz CT molecular complexity index is 1400. The molecule has 1 nitrogen and oxygen atoms in total. The first-order chi connectivity index (χ1) is 17.7. The predicted octanol–water partition coefficient (Wildman–Crippen LogP) is 8.13. The topological polar surface area (TPSA) is 12.9 Å². The quantitative estimate of drug-likeness (QED) is 0.182. The summed E-state index contributed by atoms with van der Waals surface area (Å²) in [7, 11) is 0.